The van der Waals surface area contributed by atoms with E-state index in [2.05, 4.69) is 15.3 Å². The number of hydrogen-bond acceptors (Lipinski definition) is 6. The number of carbonyl (C=O) groups excluding carboxylic acids is 1. The second-order valence-electron chi connectivity index (χ2n) is 6.56. The van der Waals surface area contributed by atoms with E-state index >= 15 is 0 Å². The smallest absolute Gasteiger partial charge is 0.407 e. The number of nitriles is 1. The van der Waals surface area contributed by atoms with Gasteiger partial charge in [0.05, 0.1) is 0 Å². The molecule has 0 bridgehead atoms. The number of hydrogen-bond donors (Lipinski definition) is 1. The summed E-state index contributed by atoms with van der Waals surface area (Å²) in [5.74, 6) is 0.276. The van der Waals surface area contributed by atoms with Crippen molar-refractivity contribution in [2.24, 2.45) is 0 Å². The van der Waals surface area contributed by atoms with Gasteiger partial charge in [-0.2, -0.15) is 5.26 Å². The highest BCUT2D eigenvalue weighted by molar-refractivity contribution is 5.68. The van der Waals surface area contributed by atoms with Gasteiger partial charge < -0.3 is 14.8 Å². The normalized spacial score (nSPS) is 21.1. The third-order valence-electron chi connectivity index (χ3n) is 3.44. The Labute approximate surface area is 136 Å². The molecule has 1 N–H and O–H groups in total. The molecule has 2 rings (SSSR count). The Kier molecular flexibility index (Phi) is 5.37. The van der Waals surface area contributed by atoms with Crippen molar-refractivity contribution >= 4 is 6.09 Å². The largest absolute Gasteiger partial charge is 0.472 e. The van der Waals surface area contributed by atoms with E-state index in [1.54, 1.807) is 0 Å². The molecule has 1 aromatic rings. The topological polar surface area (TPSA) is 97.1 Å². The molecular formula is C16H22N4O3. The van der Waals surface area contributed by atoms with Gasteiger partial charge in [-0.3, -0.25) is 0 Å². The van der Waals surface area contributed by atoms with Gasteiger partial charge in [-0.1, -0.05) is 0 Å². The summed E-state index contributed by atoms with van der Waals surface area (Å²) in [6.07, 6.45) is 5.72. The van der Waals surface area contributed by atoms with Crippen LogP contribution in [-0.4, -0.2) is 33.8 Å². The lowest BCUT2D eigenvalue weighted by atomic mass is 9.93. The third kappa shape index (κ3) is 5.40. The summed E-state index contributed by atoms with van der Waals surface area (Å²) in [6, 6.07) is 2.05. The Hall–Kier alpha value is -2.36. The molecule has 1 saturated carbocycles. The van der Waals surface area contributed by atoms with Crippen LogP contribution in [0.1, 0.15) is 52.1 Å². The highest BCUT2D eigenvalue weighted by Crippen LogP contribution is 2.24. The van der Waals surface area contributed by atoms with Gasteiger partial charge in [0.15, 0.2) is 0 Å². The molecule has 0 aliphatic heterocycles. The molecule has 0 aromatic carbocycles. The Bertz CT molecular complexity index is 584. The van der Waals surface area contributed by atoms with E-state index in [0.717, 1.165) is 25.7 Å². The van der Waals surface area contributed by atoms with E-state index in [0.29, 0.717) is 0 Å². The van der Waals surface area contributed by atoms with E-state index in [1.807, 2.05) is 26.8 Å². The number of nitrogens with one attached hydrogen (secondary N) is 1. The van der Waals surface area contributed by atoms with Gasteiger partial charge in [0.25, 0.3) is 5.88 Å². The van der Waals surface area contributed by atoms with Gasteiger partial charge in [-0.25, -0.2) is 14.8 Å². The first-order valence-electron chi connectivity index (χ1n) is 7.74. The molecule has 0 radical (unpaired) electrons. The van der Waals surface area contributed by atoms with Crippen LogP contribution in [0.2, 0.25) is 0 Å². The standard InChI is InChI=1S/C16H22N4O3/c1-16(2,3)23-15(21)20-11-4-6-12(7-5-11)22-14-13(10-17)18-8-9-19-14/h8-9,11-12H,4-7H2,1-3H3,(H,20,21). The van der Waals surface area contributed by atoms with Crippen molar-refractivity contribution in [3.63, 3.8) is 0 Å². The lowest BCUT2D eigenvalue weighted by Crippen LogP contribution is -2.42. The summed E-state index contributed by atoms with van der Waals surface area (Å²) >= 11 is 0. The molecule has 1 fully saturated rings. The van der Waals surface area contributed by atoms with Crippen molar-refractivity contribution in [2.45, 2.75) is 64.2 Å². The summed E-state index contributed by atoms with van der Waals surface area (Å²) < 4.78 is 11.0. The molecule has 0 spiro atoms. The van der Waals surface area contributed by atoms with Crippen molar-refractivity contribution in [3.8, 4) is 11.9 Å². The molecule has 7 nitrogen and oxygen atoms in total. The van der Waals surface area contributed by atoms with Crippen LogP contribution in [-0.2, 0) is 4.74 Å². The van der Waals surface area contributed by atoms with Crippen molar-refractivity contribution in [2.75, 3.05) is 0 Å². The van der Waals surface area contributed by atoms with E-state index < -0.39 is 5.60 Å². The lowest BCUT2D eigenvalue weighted by Gasteiger charge is -2.30. The summed E-state index contributed by atoms with van der Waals surface area (Å²) in [4.78, 5) is 19.7. The van der Waals surface area contributed by atoms with Crippen molar-refractivity contribution in [1.29, 1.82) is 5.26 Å². The van der Waals surface area contributed by atoms with Gasteiger partial charge in [-0.15, -0.1) is 0 Å². The van der Waals surface area contributed by atoms with Crippen LogP contribution in [0.4, 0.5) is 4.79 Å². The Morgan fingerprint density at radius 2 is 1.91 bits per heavy atom. The maximum atomic E-state index is 11.8. The van der Waals surface area contributed by atoms with Crippen LogP contribution in [0.5, 0.6) is 5.88 Å². The number of carbonyl (C=O) groups is 1. The zero-order valence-corrected chi connectivity index (χ0v) is 13.7. The average molecular weight is 318 g/mol. The molecule has 1 aliphatic carbocycles. The first kappa shape index (κ1) is 17.0. The fraction of sp³-hybridized carbons (Fsp3) is 0.625. The number of amides is 1. The lowest BCUT2D eigenvalue weighted by molar-refractivity contribution is 0.0469. The van der Waals surface area contributed by atoms with Crippen LogP contribution in [0.3, 0.4) is 0 Å². The zero-order valence-electron chi connectivity index (χ0n) is 13.7. The van der Waals surface area contributed by atoms with Gasteiger partial charge in [0.2, 0.25) is 5.69 Å². The van der Waals surface area contributed by atoms with Crippen LogP contribution >= 0.6 is 0 Å². The van der Waals surface area contributed by atoms with Crippen molar-refractivity contribution in [3.05, 3.63) is 18.1 Å². The SMILES string of the molecule is CC(C)(C)OC(=O)NC1CCC(Oc2nccnc2C#N)CC1. The highest BCUT2D eigenvalue weighted by Gasteiger charge is 2.26. The number of aromatic nitrogens is 2. The van der Waals surface area contributed by atoms with Crippen LogP contribution in [0.15, 0.2) is 12.4 Å². The van der Waals surface area contributed by atoms with Crippen LogP contribution in [0.25, 0.3) is 0 Å². The molecule has 1 aliphatic rings. The van der Waals surface area contributed by atoms with Crippen molar-refractivity contribution < 1.29 is 14.3 Å². The first-order chi connectivity index (χ1) is 10.9. The van der Waals surface area contributed by atoms with Gasteiger partial charge >= 0.3 is 6.09 Å². The number of alkyl carbamates (subject to hydrolysis) is 1. The molecule has 7 heteroatoms. The predicted molar refractivity (Wildman–Crippen MR) is 82.8 cm³/mol. The molecule has 1 aromatic heterocycles. The van der Waals surface area contributed by atoms with E-state index in [-0.39, 0.29) is 29.8 Å². The first-order valence-corrected chi connectivity index (χ1v) is 7.74. The van der Waals surface area contributed by atoms with Gasteiger partial charge in [0, 0.05) is 18.4 Å². The monoisotopic (exact) mass is 318 g/mol. The molecule has 0 unspecified atom stereocenters. The Morgan fingerprint density at radius 1 is 1.26 bits per heavy atom. The fourth-order valence-corrected chi connectivity index (χ4v) is 2.45. The Balaban J connectivity index is 1.80. The quantitative estimate of drug-likeness (QED) is 0.920. The minimum Gasteiger partial charge on any atom is -0.472 e. The van der Waals surface area contributed by atoms with Crippen LogP contribution < -0.4 is 10.1 Å². The second-order valence-corrected chi connectivity index (χ2v) is 6.56. The molecule has 1 heterocycles. The minimum atomic E-state index is -0.496. The van der Waals surface area contributed by atoms with E-state index in [9.17, 15) is 4.79 Å². The highest BCUT2D eigenvalue weighted by atomic mass is 16.6. The molecule has 23 heavy (non-hydrogen) atoms. The van der Waals surface area contributed by atoms with Gasteiger partial charge in [-0.05, 0) is 46.5 Å². The van der Waals surface area contributed by atoms with Gasteiger partial charge in [0.1, 0.15) is 17.8 Å². The molecule has 0 saturated heterocycles. The number of ether oxygens (including phenoxy) is 2. The summed E-state index contributed by atoms with van der Waals surface area (Å²) in [5.41, 5.74) is -0.300. The second kappa shape index (κ2) is 7.27. The summed E-state index contributed by atoms with van der Waals surface area (Å²) in [6.45, 7) is 5.51. The van der Waals surface area contributed by atoms with E-state index in [4.69, 9.17) is 14.7 Å². The number of rotatable bonds is 3. The molecule has 0 atom stereocenters. The minimum absolute atomic E-state index is 0.0181. The molecular weight excluding hydrogens is 296 g/mol. The predicted octanol–water partition coefficient (Wildman–Crippen LogP) is 2.56. The third-order valence-corrected chi connectivity index (χ3v) is 3.44. The molecule has 1 amide bonds. The number of nitrogens with zero attached hydrogens (tertiary/aromatic N) is 3. The Morgan fingerprint density at radius 3 is 2.52 bits per heavy atom. The molecule has 124 valence electrons. The van der Waals surface area contributed by atoms with Crippen molar-refractivity contribution in [1.82, 2.24) is 15.3 Å². The fourth-order valence-electron chi connectivity index (χ4n) is 2.45. The average Bonchev–Trinajstić information content (AvgIpc) is 2.48. The van der Waals surface area contributed by atoms with E-state index in [1.165, 1.54) is 12.4 Å². The summed E-state index contributed by atoms with van der Waals surface area (Å²) in [5, 5.41) is 11.9. The maximum absolute atomic E-state index is 11.8. The zero-order chi connectivity index (χ0) is 16.9. The summed E-state index contributed by atoms with van der Waals surface area (Å²) in [7, 11) is 0. The van der Waals surface area contributed by atoms with Crippen LogP contribution in [0, 0.1) is 11.3 Å². The maximum Gasteiger partial charge on any atom is 0.407 e.